The molecular formula is C17H16Br2N2O4. The average Bonchev–Trinajstić information content (AvgIpc) is 2.61. The second-order valence-corrected chi connectivity index (χ2v) is 6.54. The fourth-order valence-electron chi connectivity index (χ4n) is 2.06. The Hall–Kier alpha value is -2.06. The third kappa shape index (κ3) is 4.73. The van der Waals surface area contributed by atoms with Crippen molar-refractivity contribution >= 4 is 44.0 Å². The Labute approximate surface area is 162 Å². The van der Waals surface area contributed by atoms with Gasteiger partial charge in [-0.3, -0.25) is 4.79 Å². The Morgan fingerprint density at radius 2 is 1.68 bits per heavy atom. The number of hydrazone groups is 1. The van der Waals surface area contributed by atoms with Crippen molar-refractivity contribution in [2.45, 2.75) is 0 Å². The molecule has 1 N–H and O–H groups in total. The van der Waals surface area contributed by atoms with Gasteiger partial charge in [-0.25, -0.2) is 5.43 Å². The fourth-order valence-corrected chi connectivity index (χ4v) is 2.95. The molecule has 2 aromatic carbocycles. The highest BCUT2D eigenvalue weighted by Crippen LogP contribution is 2.32. The van der Waals surface area contributed by atoms with Gasteiger partial charge in [-0.05, 0) is 40.2 Å². The molecule has 0 aliphatic rings. The average molecular weight is 472 g/mol. The van der Waals surface area contributed by atoms with Gasteiger partial charge in [0.05, 0.1) is 37.6 Å². The van der Waals surface area contributed by atoms with Crippen molar-refractivity contribution in [3.8, 4) is 17.2 Å². The third-order valence-electron chi connectivity index (χ3n) is 3.28. The predicted octanol–water partition coefficient (Wildman–Crippen LogP) is 4.00. The number of carbonyl (C=O) groups excluding carboxylic acids is 1. The van der Waals surface area contributed by atoms with Gasteiger partial charge in [0.25, 0.3) is 5.91 Å². The number of hydrogen-bond donors (Lipinski definition) is 1. The number of ether oxygens (including phenoxy) is 3. The van der Waals surface area contributed by atoms with E-state index in [1.54, 1.807) is 44.6 Å². The molecular weight excluding hydrogens is 456 g/mol. The van der Waals surface area contributed by atoms with Gasteiger partial charge in [0.15, 0.2) is 0 Å². The van der Waals surface area contributed by atoms with Crippen LogP contribution in [0.3, 0.4) is 0 Å². The Balaban J connectivity index is 2.20. The van der Waals surface area contributed by atoms with E-state index in [9.17, 15) is 4.79 Å². The molecule has 0 spiro atoms. The van der Waals surface area contributed by atoms with Crippen LogP contribution in [0.15, 0.2) is 44.4 Å². The molecule has 2 rings (SSSR count). The number of nitrogens with zero attached hydrogens (tertiary/aromatic N) is 1. The molecule has 0 fully saturated rings. The molecule has 0 heterocycles. The van der Waals surface area contributed by atoms with Crippen LogP contribution in [0.5, 0.6) is 17.2 Å². The number of methoxy groups -OCH3 is 3. The summed E-state index contributed by atoms with van der Waals surface area (Å²) in [5.41, 5.74) is 3.53. The van der Waals surface area contributed by atoms with E-state index in [4.69, 9.17) is 14.2 Å². The molecule has 1 amide bonds. The SMILES string of the molecule is COc1cc(OC)c(C=NNC(=O)c2cc(Br)ccc2OC)cc1Br. The maximum absolute atomic E-state index is 12.3. The van der Waals surface area contributed by atoms with Crippen LogP contribution >= 0.6 is 31.9 Å². The number of nitrogens with one attached hydrogen (secondary N) is 1. The van der Waals surface area contributed by atoms with Crippen molar-refractivity contribution in [2.24, 2.45) is 5.10 Å². The van der Waals surface area contributed by atoms with E-state index in [1.807, 2.05) is 0 Å². The van der Waals surface area contributed by atoms with Crippen molar-refractivity contribution in [2.75, 3.05) is 21.3 Å². The molecule has 2 aromatic rings. The quantitative estimate of drug-likeness (QED) is 0.510. The number of rotatable bonds is 6. The van der Waals surface area contributed by atoms with Gasteiger partial charge in [-0.15, -0.1) is 0 Å². The van der Waals surface area contributed by atoms with Crippen molar-refractivity contribution < 1.29 is 19.0 Å². The first-order valence-electron chi connectivity index (χ1n) is 7.08. The zero-order chi connectivity index (χ0) is 18.4. The van der Waals surface area contributed by atoms with Crippen LogP contribution in [0.1, 0.15) is 15.9 Å². The van der Waals surface area contributed by atoms with Gasteiger partial charge in [-0.2, -0.15) is 5.10 Å². The highest BCUT2D eigenvalue weighted by Gasteiger charge is 2.12. The lowest BCUT2D eigenvalue weighted by Gasteiger charge is -2.10. The number of hydrogen-bond acceptors (Lipinski definition) is 5. The van der Waals surface area contributed by atoms with Crippen LogP contribution in [-0.4, -0.2) is 33.5 Å². The zero-order valence-electron chi connectivity index (χ0n) is 13.8. The van der Waals surface area contributed by atoms with Crippen LogP contribution in [-0.2, 0) is 0 Å². The Morgan fingerprint density at radius 3 is 2.32 bits per heavy atom. The molecule has 0 atom stereocenters. The normalized spacial score (nSPS) is 10.6. The lowest BCUT2D eigenvalue weighted by Crippen LogP contribution is -2.18. The summed E-state index contributed by atoms with van der Waals surface area (Å²) in [5, 5.41) is 3.99. The molecule has 0 saturated carbocycles. The van der Waals surface area contributed by atoms with Crippen molar-refractivity contribution in [1.29, 1.82) is 0 Å². The van der Waals surface area contributed by atoms with Crippen LogP contribution in [0, 0.1) is 0 Å². The number of halogens is 2. The van der Waals surface area contributed by atoms with E-state index in [1.165, 1.54) is 13.3 Å². The number of amides is 1. The van der Waals surface area contributed by atoms with Gasteiger partial charge in [0.2, 0.25) is 0 Å². The summed E-state index contributed by atoms with van der Waals surface area (Å²) in [6.07, 6.45) is 1.49. The van der Waals surface area contributed by atoms with Gasteiger partial charge >= 0.3 is 0 Å². The van der Waals surface area contributed by atoms with Crippen molar-refractivity contribution in [1.82, 2.24) is 5.43 Å². The van der Waals surface area contributed by atoms with E-state index < -0.39 is 0 Å². The van der Waals surface area contributed by atoms with Crippen LogP contribution in [0.25, 0.3) is 0 Å². The van der Waals surface area contributed by atoms with Crippen LogP contribution in [0.4, 0.5) is 0 Å². The molecule has 0 aromatic heterocycles. The van der Waals surface area contributed by atoms with Gasteiger partial charge in [-0.1, -0.05) is 15.9 Å². The first-order chi connectivity index (χ1) is 12.0. The van der Waals surface area contributed by atoms with Crippen LogP contribution < -0.4 is 19.6 Å². The van der Waals surface area contributed by atoms with Gasteiger partial charge < -0.3 is 14.2 Å². The first kappa shape index (κ1) is 19.3. The van der Waals surface area contributed by atoms with Crippen molar-refractivity contribution in [3.63, 3.8) is 0 Å². The van der Waals surface area contributed by atoms with Gasteiger partial charge in [0.1, 0.15) is 17.2 Å². The monoisotopic (exact) mass is 470 g/mol. The first-order valence-corrected chi connectivity index (χ1v) is 8.67. The topological polar surface area (TPSA) is 69.2 Å². The highest BCUT2D eigenvalue weighted by atomic mass is 79.9. The Kier molecular flexibility index (Phi) is 6.83. The van der Waals surface area contributed by atoms with E-state index in [0.29, 0.717) is 28.4 Å². The molecule has 6 nitrogen and oxygen atoms in total. The molecule has 0 aliphatic heterocycles. The summed E-state index contributed by atoms with van der Waals surface area (Å²) < 4.78 is 17.2. The minimum absolute atomic E-state index is 0.372. The van der Waals surface area contributed by atoms with E-state index in [0.717, 1.165) is 8.95 Å². The molecule has 0 unspecified atom stereocenters. The molecule has 8 heteroatoms. The number of benzene rings is 2. The number of carbonyl (C=O) groups is 1. The molecule has 132 valence electrons. The second-order valence-electron chi connectivity index (χ2n) is 4.77. The summed E-state index contributed by atoms with van der Waals surface area (Å²) >= 11 is 6.74. The van der Waals surface area contributed by atoms with E-state index >= 15 is 0 Å². The second kappa shape index (κ2) is 8.87. The summed E-state index contributed by atoms with van der Waals surface area (Å²) in [6, 6.07) is 8.66. The maximum Gasteiger partial charge on any atom is 0.275 e. The smallest absolute Gasteiger partial charge is 0.275 e. The van der Waals surface area contributed by atoms with E-state index in [2.05, 4.69) is 42.4 Å². The Bertz CT molecular complexity index is 809. The standard InChI is InChI=1S/C17H16Br2N2O4/c1-23-14-5-4-11(18)7-12(14)17(22)21-20-9-10-6-13(19)16(25-3)8-15(10)24-2/h4-9H,1-3H3,(H,21,22). The summed E-state index contributed by atoms with van der Waals surface area (Å²) in [6.45, 7) is 0. The lowest BCUT2D eigenvalue weighted by atomic mass is 10.2. The molecule has 0 bridgehead atoms. The summed E-state index contributed by atoms with van der Waals surface area (Å²) in [5.74, 6) is 1.27. The van der Waals surface area contributed by atoms with Crippen LogP contribution in [0.2, 0.25) is 0 Å². The maximum atomic E-state index is 12.3. The minimum atomic E-state index is -0.388. The Morgan fingerprint density at radius 1 is 1.00 bits per heavy atom. The lowest BCUT2D eigenvalue weighted by molar-refractivity contribution is 0.0952. The highest BCUT2D eigenvalue weighted by molar-refractivity contribution is 9.10. The zero-order valence-corrected chi connectivity index (χ0v) is 17.0. The molecule has 0 radical (unpaired) electrons. The molecule has 25 heavy (non-hydrogen) atoms. The largest absolute Gasteiger partial charge is 0.496 e. The predicted molar refractivity (Wildman–Crippen MR) is 103 cm³/mol. The summed E-state index contributed by atoms with van der Waals surface area (Å²) in [4.78, 5) is 12.3. The fraction of sp³-hybridized carbons (Fsp3) is 0.176. The molecule has 0 aliphatic carbocycles. The van der Waals surface area contributed by atoms with Gasteiger partial charge in [0, 0.05) is 16.1 Å². The third-order valence-corrected chi connectivity index (χ3v) is 4.39. The molecule has 0 saturated heterocycles. The van der Waals surface area contributed by atoms with E-state index in [-0.39, 0.29) is 5.91 Å². The minimum Gasteiger partial charge on any atom is -0.496 e. The summed E-state index contributed by atoms with van der Waals surface area (Å²) in [7, 11) is 4.62. The van der Waals surface area contributed by atoms with Crippen molar-refractivity contribution in [3.05, 3.63) is 50.4 Å².